The molecule has 1 saturated carbocycles. The third kappa shape index (κ3) is 14.2. The van der Waals surface area contributed by atoms with Gasteiger partial charge in [-0.25, -0.2) is 19.3 Å². The van der Waals surface area contributed by atoms with E-state index in [1.165, 1.54) is 11.0 Å². The van der Waals surface area contributed by atoms with E-state index in [9.17, 15) is 29.1 Å². The maximum absolute atomic E-state index is 15.7. The first kappa shape index (κ1) is 57.5. The molecule has 6 N–H and O–H groups in total. The molecule has 2 aromatic carbocycles. The zero-order valence-corrected chi connectivity index (χ0v) is 47.3. The van der Waals surface area contributed by atoms with Crippen molar-refractivity contribution in [2.45, 2.75) is 130 Å². The zero-order valence-electron chi connectivity index (χ0n) is 46.5. The summed E-state index contributed by atoms with van der Waals surface area (Å²) in [7, 11) is 0. The molecule has 6 heterocycles. The second-order valence-corrected chi connectivity index (χ2v) is 23.5. The number of benzene rings is 2. The summed E-state index contributed by atoms with van der Waals surface area (Å²) in [4.78, 5) is 87.5. The van der Waals surface area contributed by atoms with Crippen LogP contribution in [-0.4, -0.2) is 143 Å². The largest absolute Gasteiger partial charge is 0.460 e. The summed E-state index contributed by atoms with van der Waals surface area (Å²) in [6.07, 6.45) is 10.8. The molecule has 3 aliphatic rings. The lowest BCUT2D eigenvalue weighted by Gasteiger charge is -2.37. The number of halogens is 1. The van der Waals surface area contributed by atoms with Crippen LogP contribution in [0, 0.1) is 24.1 Å². The number of imidazole rings is 1. The number of anilines is 2. The van der Waals surface area contributed by atoms with Gasteiger partial charge in [-0.3, -0.25) is 43.3 Å². The molecule has 4 atom stereocenters. The van der Waals surface area contributed by atoms with Crippen LogP contribution in [0.3, 0.4) is 0 Å². The van der Waals surface area contributed by atoms with Gasteiger partial charge >= 0.3 is 5.97 Å². The van der Waals surface area contributed by atoms with Crippen molar-refractivity contribution >= 4 is 58.1 Å². The van der Waals surface area contributed by atoms with Crippen LogP contribution in [0.15, 0.2) is 72.8 Å². The van der Waals surface area contributed by atoms with E-state index in [0.29, 0.717) is 62.1 Å². The number of hydrogen-bond acceptors (Lipinski definition) is 15. The van der Waals surface area contributed by atoms with Crippen molar-refractivity contribution in [1.82, 2.24) is 60.2 Å². The normalized spacial score (nSPS) is 17.8. The van der Waals surface area contributed by atoms with Crippen LogP contribution in [0.4, 0.5) is 15.9 Å². The Hall–Kier alpha value is -7.14. The van der Waals surface area contributed by atoms with Gasteiger partial charge in [-0.2, -0.15) is 5.10 Å². The second-order valence-electron chi connectivity index (χ2n) is 22.7. The molecule has 0 radical (unpaired) electrons. The maximum Gasteiger partial charge on any atom is 0.308 e. The lowest BCUT2D eigenvalue weighted by atomic mass is 9.85. The Morgan fingerprint density at radius 1 is 0.925 bits per heavy atom. The standard InChI is InChI=1S/C58H74FN13O7S/c1-35(2)57(78)79-42-26-46(54(75)62-27-37-12-14-39(15-13-37)50-36(3)63-34-80-50)72(31-42)56(77)51(58(4,5)6)68-48(73)11-9-7-8-10-20-60-49(74)33-69-21-23-70(24-22-69)55(76)40-18-19-44(43(59)25-40)66-52-53-61-30-47(41-28-64-65-29-41)71(53)32-45(67-52)38-16-17-38/h12-15,18-19,25,28-30,32,34-35,38,42,46,51,55,76H,7-11,16-17,20-24,26-27,31,33H2,1-6H3,(H,60,74)(H,62,75)(H,64,65)(H,66,67)(H,68,73)/t42-,46+,51+,55?/m1/s1. The molecule has 3 fully saturated rings. The first-order valence-corrected chi connectivity index (χ1v) is 28.7. The number of unbranched alkanes of at least 4 members (excludes halogenated alkanes) is 3. The number of esters is 1. The number of likely N-dealkylation sites (tertiary alicyclic amines) is 1. The lowest BCUT2D eigenvalue weighted by molar-refractivity contribution is -0.153. The number of hydrogen-bond donors (Lipinski definition) is 6. The SMILES string of the molecule is Cc1ncsc1-c1ccc(CNC(=O)[C@@H]2C[C@@H](OC(=O)C(C)C)CN2C(=O)[C@H](NC(=O)CCCCCCNC(=O)CN2CCN(C(O)c3ccc(Nc4nc(C5CC5)cn5c(-c6cn[nH]c6)cnc45)c(F)c3)CC2)C(C)(C)C)cc1. The number of aryl methyl sites for hydroxylation is 1. The summed E-state index contributed by atoms with van der Waals surface area (Å²) in [5.74, 6) is -1.71. The van der Waals surface area contributed by atoms with Crippen molar-refractivity contribution in [2.24, 2.45) is 11.3 Å². The highest BCUT2D eigenvalue weighted by atomic mass is 32.1. The van der Waals surface area contributed by atoms with E-state index in [1.807, 2.05) is 77.9 Å². The summed E-state index contributed by atoms with van der Waals surface area (Å²) in [5.41, 5.74) is 7.79. The van der Waals surface area contributed by atoms with Crippen molar-refractivity contribution < 1.29 is 38.2 Å². The quantitative estimate of drug-likeness (QED) is 0.0280. The summed E-state index contributed by atoms with van der Waals surface area (Å²) < 4.78 is 23.4. The number of fused-ring (bicyclic) bond motifs is 1. The topological polar surface area (TPSA) is 244 Å². The number of thiazole rings is 1. The van der Waals surface area contributed by atoms with Crippen LogP contribution in [0.1, 0.15) is 121 Å². The van der Waals surface area contributed by atoms with Gasteiger partial charge in [0.2, 0.25) is 23.6 Å². The first-order valence-electron chi connectivity index (χ1n) is 27.8. The lowest BCUT2D eigenvalue weighted by Crippen LogP contribution is -2.57. The van der Waals surface area contributed by atoms with Gasteiger partial charge in [0, 0.05) is 76.0 Å². The van der Waals surface area contributed by atoms with Crippen molar-refractivity contribution in [3.63, 3.8) is 0 Å². The Morgan fingerprint density at radius 2 is 1.69 bits per heavy atom. The summed E-state index contributed by atoms with van der Waals surface area (Å²) in [5, 5.41) is 30.3. The van der Waals surface area contributed by atoms with E-state index >= 15 is 4.39 Å². The number of rotatable bonds is 23. The predicted octanol–water partition coefficient (Wildman–Crippen LogP) is 7.00. The number of nitrogens with one attached hydrogen (secondary N) is 5. The third-order valence-electron chi connectivity index (χ3n) is 15.1. The molecule has 1 aliphatic carbocycles. The van der Waals surface area contributed by atoms with Crippen LogP contribution >= 0.6 is 11.3 Å². The highest BCUT2D eigenvalue weighted by Gasteiger charge is 2.46. The number of aromatic amines is 1. The molecule has 0 bridgehead atoms. The molecule has 0 spiro atoms. The van der Waals surface area contributed by atoms with Crippen molar-refractivity contribution in [1.29, 1.82) is 0 Å². The van der Waals surface area contributed by atoms with Crippen LogP contribution < -0.4 is 21.3 Å². The predicted molar refractivity (Wildman–Crippen MR) is 302 cm³/mol. The van der Waals surface area contributed by atoms with E-state index in [1.54, 1.807) is 55.9 Å². The van der Waals surface area contributed by atoms with Crippen molar-refractivity contribution in [3.05, 3.63) is 101 Å². The Morgan fingerprint density at radius 3 is 2.36 bits per heavy atom. The minimum absolute atomic E-state index is 0.0266. The number of carbonyl (C=O) groups excluding carboxylic acids is 5. The van der Waals surface area contributed by atoms with E-state index in [4.69, 9.17) is 9.72 Å². The molecule has 20 nitrogen and oxygen atoms in total. The van der Waals surface area contributed by atoms with Gasteiger partial charge < -0.3 is 36.0 Å². The van der Waals surface area contributed by atoms with Crippen LogP contribution in [0.2, 0.25) is 0 Å². The van der Waals surface area contributed by atoms with Gasteiger partial charge in [0.25, 0.3) is 0 Å². The van der Waals surface area contributed by atoms with Gasteiger partial charge in [0.05, 0.1) is 64.6 Å². The monoisotopic (exact) mass is 1120 g/mol. The van der Waals surface area contributed by atoms with Gasteiger partial charge in [-0.1, -0.05) is 77.8 Å². The number of amides is 4. The number of nitrogens with zero attached hydrogens (tertiary/aromatic N) is 8. The fourth-order valence-corrected chi connectivity index (χ4v) is 11.0. The Kier molecular flexibility index (Phi) is 18.4. The van der Waals surface area contributed by atoms with Crippen LogP contribution in [-0.2, 0) is 35.3 Å². The Labute approximate surface area is 469 Å². The number of H-pyrrole nitrogens is 1. The van der Waals surface area contributed by atoms with Crippen molar-refractivity contribution in [3.8, 4) is 21.7 Å². The fraction of sp³-hybridized carbons (Fsp3) is 0.500. The summed E-state index contributed by atoms with van der Waals surface area (Å²) in [6, 6.07) is 10.7. The summed E-state index contributed by atoms with van der Waals surface area (Å²) >= 11 is 1.57. The molecule has 1 unspecified atom stereocenters. The number of aromatic nitrogens is 6. The average Bonchev–Trinajstić information content (AvgIpc) is 3.80. The van der Waals surface area contributed by atoms with Gasteiger partial charge in [0.15, 0.2) is 11.5 Å². The number of aliphatic hydroxyl groups excluding tert-OH is 1. The fourth-order valence-electron chi connectivity index (χ4n) is 10.2. The molecule has 4 amide bonds. The van der Waals surface area contributed by atoms with E-state index < -0.39 is 47.5 Å². The average molecular weight is 1120 g/mol. The molecule has 80 heavy (non-hydrogen) atoms. The Balaban J connectivity index is 0.681. The molecule has 426 valence electrons. The first-order chi connectivity index (χ1) is 38.4. The number of piperazine rings is 1. The number of aliphatic hydroxyl groups is 1. The molecule has 4 aromatic heterocycles. The van der Waals surface area contributed by atoms with E-state index in [0.717, 1.165) is 70.8 Å². The van der Waals surface area contributed by atoms with Gasteiger partial charge in [-0.05, 0) is 66.8 Å². The van der Waals surface area contributed by atoms with Crippen LogP contribution in [0.5, 0.6) is 0 Å². The van der Waals surface area contributed by atoms with E-state index in [-0.39, 0.29) is 61.8 Å². The molecule has 9 rings (SSSR count). The maximum atomic E-state index is 15.7. The minimum atomic E-state index is -1.03. The molecule has 6 aromatic rings. The Bertz CT molecular complexity index is 3130. The van der Waals surface area contributed by atoms with Crippen molar-refractivity contribution in [2.75, 3.05) is 51.1 Å². The number of carbonyl (C=O) groups is 5. The number of ether oxygens (including phenoxy) is 1. The van der Waals surface area contributed by atoms with E-state index in [2.05, 4.69) is 41.4 Å². The smallest absolute Gasteiger partial charge is 0.308 e. The highest BCUT2D eigenvalue weighted by Crippen LogP contribution is 2.41. The second kappa shape index (κ2) is 25.5. The molecular weight excluding hydrogens is 1040 g/mol. The molecule has 2 aliphatic heterocycles. The zero-order chi connectivity index (χ0) is 56.7. The molecule has 2 saturated heterocycles. The summed E-state index contributed by atoms with van der Waals surface area (Å²) in [6.45, 7) is 14.0. The molecule has 22 heteroatoms. The van der Waals surface area contributed by atoms with Gasteiger partial charge in [0.1, 0.15) is 30.2 Å². The molecular formula is C58H74FN13O7S. The van der Waals surface area contributed by atoms with Gasteiger partial charge in [-0.15, -0.1) is 11.3 Å². The minimum Gasteiger partial charge on any atom is -0.460 e. The third-order valence-corrected chi connectivity index (χ3v) is 16.0. The van der Waals surface area contributed by atoms with Crippen LogP contribution in [0.25, 0.3) is 27.3 Å². The highest BCUT2D eigenvalue weighted by molar-refractivity contribution is 7.13.